The molecular weight excluding hydrogens is 416 g/mol. The SMILES string of the molecule is CCN(CC)CCNC(=O)/C(=C/c1cn(C)c2ccccc12)NC(=O)c1ccccc1OC. The number of nitrogens with one attached hydrogen (secondary N) is 2. The van der Waals surface area contributed by atoms with Crippen molar-refractivity contribution in [2.24, 2.45) is 7.05 Å². The molecule has 174 valence electrons. The van der Waals surface area contributed by atoms with E-state index in [1.54, 1.807) is 30.3 Å². The minimum atomic E-state index is -0.405. The molecule has 33 heavy (non-hydrogen) atoms. The van der Waals surface area contributed by atoms with Crippen LogP contribution in [0, 0.1) is 0 Å². The van der Waals surface area contributed by atoms with Crippen molar-refractivity contribution in [1.29, 1.82) is 0 Å². The number of aryl methyl sites for hydroxylation is 1. The van der Waals surface area contributed by atoms with Crippen molar-refractivity contribution >= 4 is 28.8 Å². The lowest BCUT2D eigenvalue weighted by Gasteiger charge is -2.18. The van der Waals surface area contributed by atoms with E-state index in [4.69, 9.17) is 4.74 Å². The topological polar surface area (TPSA) is 75.6 Å². The van der Waals surface area contributed by atoms with Crippen LogP contribution in [0.4, 0.5) is 0 Å². The highest BCUT2D eigenvalue weighted by Crippen LogP contribution is 2.23. The van der Waals surface area contributed by atoms with E-state index in [1.807, 2.05) is 42.1 Å². The summed E-state index contributed by atoms with van der Waals surface area (Å²) < 4.78 is 7.31. The molecule has 3 aromatic rings. The number of rotatable bonds is 10. The standard InChI is InChI=1S/C26H32N4O3/c1-5-30(6-2)16-15-27-26(32)22(28-25(31)21-12-8-10-14-24(21)33-4)17-19-18-29(3)23-13-9-7-11-20(19)23/h7-14,17-18H,5-6,15-16H2,1-4H3,(H,27,32)(H,28,31)/b22-17-. The third-order valence-electron chi connectivity index (χ3n) is 5.68. The number of hydrogen-bond donors (Lipinski definition) is 2. The van der Waals surface area contributed by atoms with Crippen LogP contribution < -0.4 is 15.4 Å². The maximum atomic E-state index is 13.1. The molecule has 0 atom stereocenters. The lowest BCUT2D eigenvalue weighted by atomic mass is 10.1. The second-order valence-corrected chi connectivity index (χ2v) is 7.71. The first-order chi connectivity index (χ1) is 16.0. The smallest absolute Gasteiger partial charge is 0.267 e. The van der Waals surface area contributed by atoms with E-state index in [9.17, 15) is 9.59 Å². The minimum Gasteiger partial charge on any atom is -0.496 e. The molecule has 0 bridgehead atoms. The number of carbonyl (C=O) groups is 2. The highest BCUT2D eigenvalue weighted by molar-refractivity contribution is 6.07. The number of likely N-dealkylation sites (N-methyl/N-ethyl adjacent to an activating group) is 1. The molecule has 0 saturated heterocycles. The first-order valence-electron chi connectivity index (χ1n) is 11.2. The van der Waals surface area contributed by atoms with Crippen LogP contribution in [0.3, 0.4) is 0 Å². The Hall–Kier alpha value is -3.58. The van der Waals surface area contributed by atoms with Crippen molar-refractivity contribution in [1.82, 2.24) is 20.1 Å². The minimum absolute atomic E-state index is 0.182. The van der Waals surface area contributed by atoms with Crippen molar-refractivity contribution < 1.29 is 14.3 Å². The highest BCUT2D eigenvalue weighted by Gasteiger charge is 2.18. The molecule has 2 N–H and O–H groups in total. The fraction of sp³-hybridized carbons (Fsp3) is 0.308. The summed E-state index contributed by atoms with van der Waals surface area (Å²) in [7, 11) is 3.47. The van der Waals surface area contributed by atoms with Crippen LogP contribution in [0.2, 0.25) is 0 Å². The molecule has 0 spiro atoms. The second kappa shape index (κ2) is 11.3. The number of aromatic nitrogens is 1. The van der Waals surface area contributed by atoms with E-state index < -0.39 is 5.91 Å². The van der Waals surface area contributed by atoms with Crippen LogP contribution in [-0.4, -0.2) is 54.6 Å². The van der Waals surface area contributed by atoms with Crippen LogP contribution in [0.1, 0.15) is 29.8 Å². The van der Waals surface area contributed by atoms with Gasteiger partial charge >= 0.3 is 0 Å². The van der Waals surface area contributed by atoms with Gasteiger partial charge in [0.2, 0.25) is 0 Å². The average Bonchev–Trinajstić information content (AvgIpc) is 3.16. The fourth-order valence-electron chi connectivity index (χ4n) is 3.79. The van der Waals surface area contributed by atoms with Gasteiger partial charge in [-0.1, -0.05) is 44.2 Å². The molecule has 1 aromatic heterocycles. The van der Waals surface area contributed by atoms with Crippen molar-refractivity contribution in [3.63, 3.8) is 0 Å². The number of amides is 2. The van der Waals surface area contributed by atoms with Gasteiger partial charge in [0.15, 0.2) is 0 Å². The van der Waals surface area contributed by atoms with Gasteiger partial charge in [0.25, 0.3) is 11.8 Å². The van der Waals surface area contributed by atoms with E-state index in [-0.39, 0.29) is 11.6 Å². The van der Waals surface area contributed by atoms with Gasteiger partial charge < -0.3 is 24.8 Å². The second-order valence-electron chi connectivity index (χ2n) is 7.71. The van der Waals surface area contributed by atoms with Crippen LogP contribution >= 0.6 is 0 Å². The third kappa shape index (κ3) is 5.81. The Morgan fingerprint density at radius 2 is 1.76 bits per heavy atom. The van der Waals surface area contributed by atoms with Gasteiger partial charge in [0.1, 0.15) is 11.4 Å². The molecule has 0 aliphatic heterocycles. The molecule has 0 saturated carbocycles. The summed E-state index contributed by atoms with van der Waals surface area (Å²) in [4.78, 5) is 28.4. The van der Waals surface area contributed by atoms with Crippen LogP contribution in [0.25, 0.3) is 17.0 Å². The summed E-state index contributed by atoms with van der Waals surface area (Å²) in [5.41, 5.74) is 2.44. The molecule has 7 nitrogen and oxygen atoms in total. The summed E-state index contributed by atoms with van der Waals surface area (Å²) in [5.74, 6) is -0.294. The molecular formula is C26H32N4O3. The van der Waals surface area contributed by atoms with Crippen molar-refractivity contribution in [2.45, 2.75) is 13.8 Å². The molecule has 0 aliphatic rings. The number of carbonyl (C=O) groups excluding carboxylic acids is 2. The summed E-state index contributed by atoms with van der Waals surface area (Å²) in [6, 6.07) is 14.9. The largest absolute Gasteiger partial charge is 0.496 e. The maximum absolute atomic E-state index is 13.1. The lowest BCUT2D eigenvalue weighted by Crippen LogP contribution is -2.39. The predicted octanol–water partition coefficient (Wildman–Crippen LogP) is 3.42. The fourth-order valence-corrected chi connectivity index (χ4v) is 3.79. The zero-order valence-corrected chi connectivity index (χ0v) is 19.7. The molecule has 7 heteroatoms. The number of fused-ring (bicyclic) bond motifs is 1. The number of ether oxygens (including phenoxy) is 1. The van der Waals surface area contributed by atoms with Gasteiger partial charge in [-0.2, -0.15) is 0 Å². The summed E-state index contributed by atoms with van der Waals surface area (Å²) in [5, 5.41) is 6.74. The van der Waals surface area contributed by atoms with Gasteiger partial charge in [-0.25, -0.2) is 0 Å². The highest BCUT2D eigenvalue weighted by atomic mass is 16.5. The van der Waals surface area contributed by atoms with E-state index in [1.165, 1.54) is 7.11 Å². The van der Waals surface area contributed by atoms with Gasteiger partial charge in [0.05, 0.1) is 12.7 Å². The Bertz CT molecular complexity index is 1150. The summed E-state index contributed by atoms with van der Waals surface area (Å²) in [6.45, 7) is 7.22. The monoisotopic (exact) mass is 448 g/mol. The number of hydrogen-bond acceptors (Lipinski definition) is 4. The Kier molecular flexibility index (Phi) is 8.27. The quantitative estimate of drug-likeness (QED) is 0.466. The van der Waals surface area contributed by atoms with E-state index in [0.717, 1.165) is 36.1 Å². The predicted molar refractivity (Wildman–Crippen MR) is 132 cm³/mol. The number of nitrogens with zero attached hydrogens (tertiary/aromatic N) is 2. The van der Waals surface area contributed by atoms with Crippen LogP contribution in [-0.2, 0) is 11.8 Å². The Morgan fingerprint density at radius 3 is 2.48 bits per heavy atom. The Morgan fingerprint density at radius 1 is 1.06 bits per heavy atom. The molecule has 0 aliphatic carbocycles. The molecule has 0 radical (unpaired) electrons. The van der Waals surface area contributed by atoms with Gasteiger partial charge in [-0.15, -0.1) is 0 Å². The van der Waals surface area contributed by atoms with Gasteiger partial charge in [-0.05, 0) is 37.4 Å². The average molecular weight is 449 g/mol. The molecule has 0 unspecified atom stereocenters. The van der Waals surface area contributed by atoms with Crippen molar-refractivity contribution in [3.05, 3.63) is 71.6 Å². The lowest BCUT2D eigenvalue weighted by molar-refractivity contribution is -0.117. The molecule has 0 fully saturated rings. The first-order valence-corrected chi connectivity index (χ1v) is 11.2. The summed E-state index contributed by atoms with van der Waals surface area (Å²) in [6.07, 6.45) is 3.67. The zero-order valence-electron chi connectivity index (χ0n) is 19.7. The zero-order chi connectivity index (χ0) is 23.8. The normalized spacial score (nSPS) is 11.6. The Labute approximate surface area is 195 Å². The molecule has 2 amide bonds. The van der Waals surface area contributed by atoms with E-state index >= 15 is 0 Å². The summed E-state index contributed by atoms with van der Waals surface area (Å²) >= 11 is 0. The van der Waals surface area contributed by atoms with Crippen LogP contribution in [0.15, 0.2) is 60.4 Å². The van der Waals surface area contributed by atoms with E-state index in [0.29, 0.717) is 17.9 Å². The van der Waals surface area contributed by atoms with Gasteiger partial charge in [0, 0.05) is 42.8 Å². The first kappa shape index (κ1) is 24.1. The molecule has 3 rings (SSSR count). The number of para-hydroxylation sites is 2. The van der Waals surface area contributed by atoms with Gasteiger partial charge in [-0.3, -0.25) is 9.59 Å². The number of methoxy groups -OCH3 is 1. The third-order valence-corrected chi connectivity index (χ3v) is 5.68. The van der Waals surface area contributed by atoms with E-state index in [2.05, 4.69) is 29.4 Å². The van der Waals surface area contributed by atoms with Crippen molar-refractivity contribution in [2.75, 3.05) is 33.3 Å². The van der Waals surface area contributed by atoms with Crippen LogP contribution in [0.5, 0.6) is 5.75 Å². The van der Waals surface area contributed by atoms with Crippen molar-refractivity contribution in [3.8, 4) is 5.75 Å². The molecule has 2 aromatic carbocycles. The maximum Gasteiger partial charge on any atom is 0.267 e. The number of benzene rings is 2. The Balaban J connectivity index is 1.91. The molecule has 1 heterocycles.